The maximum absolute atomic E-state index is 12.9. The number of carbonyl (C=O) groups is 2. The van der Waals surface area contributed by atoms with Gasteiger partial charge in [0.25, 0.3) is 5.91 Å². The van der Waals surface area contributed by atoms with E-state index in [1.165, 1.54) is 23.5 Å². The van der Waals surface area contributed by atoms with Crippen LogP contribution in [-0.2, 0) is 11.0 Å². The number of carboxylic acids is 1. The van der Waals surface area contributed by atoms with Crippen molar-refractivity contribution in [1.82, 2.24) is 5.32 Å². The van der Waals surface area contributed by atoms with Crippen LogP contribution in [0.4, 0.5) is 13.2 Å². The van der Waals surface area contributed by atoms with E-state index in [4.69, 9.17) is 9.84 Å². The Morgan fingerprint density at radius 2 is 1.64 bits per heavy atom. The molecular formula is C27H28F3NO4S. The van der Waals surface area contributed by atoms with Crippen LogP contribution in [0, 0.1) is 19.8 Å². The van der Waals surface area contributed by atoms with E-state index in [-0.39, 0.29) is 30.9 Å². The zero-order chi connectivity index (χ0) is 26.6. The first-order valence-electron chi connectivity index (χ1n) is 11.4. The van der Waals surface area contributed by atoms with E-state index in [9.17, 15) is 22.8 Å². The van der Waals surface area contributed by atoms with Gasteiger partial charge in [0.05, 0.1) is 16.9 Å². The smallest absolute Gasteiger partial charge is 0.416 e. The molecule has 5 nitrogen and oxygen atoms in total. The fraction of sp³-hybridized carbons (Fsp3) is 0.333. The van der Waals surface area contributed by atoms with Gasteiger partial charge in [-0.25, -0.2) is 0 Å². The Bertz CT molecular complexity index is 1210. The number of aryl methyl sites for hydroxylation is 2. The molecule has 0 aliphatic carbocycles. The monoisotopic (exact) mass is 519 g/mol. The van der Waals surface area contributed by atoms with E-state index in [0.717, 1.165) is 33.7 Å². The number of halogens is 3. The number of thiophene rings is 1. The highest BCUT2D eigenvalue weighted by Gasteiger charge is 2.30. The van der Waals surface area contributed by atoms with E-state index >= 15 is 0 Å². The molecule has 0 saturated carbocycles. The largest absolute Gasteiger partial charge is 0.485 e. The van der Waals surface area contributed by atoms with Crippen LogP contribution in [-0.4, -0.2) is 23.5 Å². The predicted molar refractivity (Wildman–Crippen MR) is 133 cm³/mol. The third-order valence-electron chi connectivity index (χ3n) is 5.63. The Kier molecular flexibility index (Phi) is 8.45. The zero-order valence-electron chi connectivity index (χ0n) is 20.4. The minimum atomic E-state index is -4.38. The second kappa shape index (κ2) is 11.2. The fourth-order valence-electron chi connectivity index (χ4n) is 3.94. The lowest BCUT2D eigenvalue weighted by Gasteiger charge is -2.23. The molecule has 0 unspecified atom stereocenters. The molecule has 9 heteroatoms. The van der Waals surface area contributed by atoms with Gasteiger partial charge < -0.3 is 15.2 Å². The minimum Gasteiger partial charge on any atom is -0.485 e. The van der Waals surface area contributed by atoms with Gasteiger partial charge >= 0.3 is 12.1 Å². The van der Waals surface area contributed by atoms with Crippen molar-refractivity contribution < 1.29 is 32.6 Å². The Morgan fingerprint density at radius 1 is 1.03 bits per heavy atom. The number of ether oxygens (including phenoxy) is 1. The van der Waals surface area contributed by atoms with E-state index in [0.29, 0.717) is 16.2 Å². The molecule has 0 saturated heterocycles. The molecule has 3 rings (SSSR count). The topological polar surface area (TPSA) is 75.6 Å². The summed E-state index contributed by atoms with van der Waals surface area (Å²) in [5.41, 5.74) is 2.61. The molecule has 2 aromatic carbocycles. The van der Waals surface area contributed by atoms with Crippen molar-refractivity contribution in [3.8, 4) is 16.9 Å². The first-order chi connectivity index (χ1) is 16.9. The molecule has 0 bridgehead atoms. The average molecular weight is 520 g/mol. The van der Waals surface area contributed by atoms with Crippen molar-refractivity contribution in [1.29, 1.82) is 0 Å². The molecule has 0 spiro atoms. The Labute approximate surface area is 211 Å². The Hall–Kier alpha value is -3.33. The van der Waals surface area contributed by atoms with Gasteiger partial charge in [-0.1, -0.05) is 26.0 Å². The molecule has 1 heterocycles. The summed E-state index contributed by atoms with van der Waals surface area (Å²) in [6.07, 6.45) is -4.86. The van der Waals surface area contributed by atoms with Crippen LogP contribution in [0.3, 0.4) is 0 Å². The summed E-state index contributed by atoms with van der Waals surface area (Å²) in [5.74, 6) is -0.602. The van der Waals surface area contributed by atoms with Crippen LogP contribution < -0.4 is 10.1 Å². The summed E-state index contributed by atoms with van der Waals surface area (Å²) in [5, 5.41) is 11.3. The highest BCUT2D eigenvalue weighted by atomic mass is 32.1. The van der Waals surface area contributed by atoms with Crippen LogP contribution >= 0.6 is 11.3 Å². The molecule has 192 valence electrons. The molecule has 0 radical (unpaired) electrons. The van der Waals surface area contributed by atoms with Gasteiger partial charge in [-0.2, -0.15) is 13.2 Å². The molecule has 1 aromatic heterocycles. The molecule has 0 aliphatic rings. The quantitative estimate of drug-likeness (QED) is 0.318. The summed E-state index contributed by atoms with van der Waals surface area (Å²) < 4.78 is 45.1. The summed E-state index contributed by atoms with van der Waals surface area (Å²) in [6.45, 7) is 7.85. The van der Waals surface area contributed by atoms with Gasteiger partial charge in [0.2, 0.25) is 0 Å². The van der Waals surface area contributed by atoms with Gasteiger partial charge in [0.1, 0.15) is 11.9 Å². The van der Waals surface area contributed by atoms with Gasteiger partial charge in [-0.05, 0) is 78.4 Å². The average Bonchev–Trinajstić information content (AvgIpc) is 3.26. The first-order valence-corrected chi connectivity index (χ1v) is 12.2. The molecule has 3 aromatic rings. The minimum absolute atomic E-state index is 0.0509. The fourth-order valence-corrected chi connectivity index (χ4v) is 5.07. The maximum atomic E-state index is 12.9. The lowest BCUT2D eigenvalue weighted by molar-refractivity contribution is -0.138. The Morgan fingerprint density at radius 3 is 2.17 bits per heavy atom. The normalized spacial score (nSPS) is 12.4. The van der Waals surface area contributed by atoms with Crippen molar-refractivity contribution in [2.24, 2.45) is 5.92 Å². The van der Waals surface area contributed by atoms with Crippen molar-refractivity contribution in [2.75, 3.05) is 6.54 Å². The molecule has 1 atom stereocenters. The second-order valence-electron chi connectivity index (χ2n) is 8.89. The molecule has 36 heavy (non-hydrogen) atoms. The number of rotatable bonds is 9. The highest BCUT2D eigenvalue weighted by molar-refractivity contribution is 7.14. The summed E-state index contributed by atoms with van der Waals surface area (Å²) in [6, 6.07) is 12.4. The molecule has 2 N–H and O–H groups in total. The van der Waals surface area contributed by atoms with Crippen LogP contribution in [0.2, 0.25) is 0 Å². The number of alkyl halides is 3. The number of carboxylic acid groups (broad SMARTS) is 1. The van der Waals surface area contributed by atoms with Gasteiger partial charge in [0, 0.05) is 11.4 Å². The number of hydrogen-bond acceptors (Lipinski definition) is 4. The van der Waals surface area contributed by atoms with Crippen LogP contribution in [0.1, 0.15) is 57.6 Å². The number of amides is 1. The lowest BCUT2D eigenvalue weighted by atomic mass is 9.94. The number of benzene rings is 2. The van der Waals surface area contributed by atoms with Crippen LogP contribution in [0.5, 0.6) is 5.75 Å². The molecular weight excluding hydrogens is 491 g/mol. The van der Waals surface area contributed by atoms with Crippen molar-refractivity contribution >= 4 is 23.2 Å². The maximum Gasteiger partial charge on any atom is 0.416 e. The lowest BCUT2D eigenvalue weighted by Crippen LogP contribution is -2.25. The summed E-state index contributed by atoms with van der Waals surface area (Å²) in [4.78, 5) is 24.3. The van der Waals surface area contributed by atoms with Crippen LogP contribution in [0.15, 0.2) is 48.5 Å². The van der Waals surface area contributed by atoms with E-state index in [1.807, 2.05) is 45.9 Å². The summed E-state index contributed by atoms with van der Waals surface area (Å²) >= 11 is 1.29. The van der Waals surface area contributed by atoms with Crippen molar-refractivity contribution in [3.05, 3.63) is 75.0 Å². The molecule has 0 aliphatic heterocycles. The number of carbonyl (C=O) groups excluding carboxylic acids is 1. The number of nitrogens with one attached hydrogen (secondary N) is 1. The second-order valence-corrected chi connectivity index (χ2v) is 10.0. The zero-order valence-corrected chi connectivity index (χ0v) is 21.2. The van der Waals surface area contributed by atoms with Gasteiger partial charge in [-0.3, -0.25) is 9.59 Å². The third kappa shape index (κ3) is 6.66. The molecule has 1 amide bonds. The van der Waals surface area contributed by atoms with Gasteiger partial charge in [0.15, 0.2) is 0 Å². The van der Waals surface area contributed by atoms with Crippen molar-refractivity contribution in [3.63, 3.8) is 0 Å². The van der Waals surface area contributed by atoms with E-state index < -0.39 is 17.7 Å². The SMILES string of the molecule is Cc1cc(O[C@@H](c2ccc(C(=O)NCCC(=O)O)s2)C(C)C)cc(C)c1-c1ccc(C(F)(F)F)cc1. The highest BCUT2D eigenvalue weighted by Crippen LogP contribution is 2.37. The predicted octanol–water partition coefficient (Wildman–Crippen LogP) is 7.03. The van der Waals surface area contributed by atoms with Gasteiger partial charge in [-0.15, -0.1) is 11.3 Å². The third-order valence-corrected chi connectivity index (χ3v) is 6.78. The van der Waals surface area contributed by atoms with E-state index in [1.54, 1.807) is 6.07 Å². The van der Waals surface area contributed by atoms with E-state index in [2.05, 4.69) is 5.32 Å². The Balaban J connectivity index is 1.80. The van der Waals surface area contributed by atoms with Crippen LogP contribution in [0.25, 0.3) is 11.1 Å². The standard InChI is InChI=1S/C27H28F3NO4S/c1-15(2)25(21-9-10-22(36-21)26(34)31-12-11-23(32)33)35-20-13-16(3)24(17(4)14-20)18-5-7-19(8-6-18)27(28,29)30/h5-10,13-15,25H,11-12H2,1-4H3,(H,31,34)(H,32,33)/t25-/m1/s1. The molecule has 0 fully saturated rings. The first kappa shape index (κ1) is 27.3. The van der Waals surface area contributed by atoms with Crippen molar-refractivity contribution in [2.45, 2.75) is 46.4 Å². The number of aliphatic carboxylic acids is 1. The summed E-state index contributed by atoms with van der Waals surface area (Å²) in [7, 11) is 0. The number of hydrogen-bond donors (Lipinski definition) is 2.